The van der Waals surface area contributed by atoms with Gasteiger partial charge in [0.05, 0.1) is 19.3 Å². The molecule has 1 aromatic carbocycles. The Kier molecular flexibility index (Phi) is 5.66. The molecule has 3 rings (SSSR count). The van der Waals surface area contributed by atoms with Crippen LogP contribution in [-0.4, -0.2) is 59.9 Å². The molecule has 2 aliphatic heterocycles. The third-order valence-electron chi connectivity index (χ3n) is 3.51. The van der Waals surface area contributed by atoms with Gasteiger partial charge in [0, 0.05) is 24.3 Å². The van der Waals surface area contributed by atoms with Crippen LogP contribution >= 0.6 is 0 Å². The number of hydrogen-bond acceptors (Lipinski definition) is 5. The van der Waals surface area contributed by atoms with Gasteiger partial charge in [0.15, 0.2) is 0 Å². The van der Waals surface area contributed by atoms with Gasteiger partial charge in [-0.05, 0) is 19.2 Å². The molecule has 2 N–H and O–H groups in total. The number of rotatable bonds is 3. The fourth-order valence-corrected chi connectivity index (χ4v) is 2.59. The maximum Gasteiger partial charge on any atom is 0.328 e. The van der Waals surface area contributed by atoms with Crippen molar-refractivity contribution in [2.45, 2.75) is 11.9 Å². The van der Waals surface area contributed by atoms with Crippen LogP contribution in [-0.2, 0) is 24.8 Å². The minimum absolute atomic E-state index is 0.129. The van der Waals surface area contributed by atoms with E-state index in [-0.39, 0.29) is 11.9 Å². The van der Waals surface area contributed by atoms with E-state index in [4.69, 9.17) is 19.7 Å². The summed E-state index contributed by atoms with van der Waals surface area (Å²) in [6.07, 6.45) is 1.24. The smallest absolute Gasteiger partial charge is 0.328 e. The Labute approximate surface area is 137 Å². The second-order valence-electron chi connectivity index (χ2n) is 5.52. The number of hydrogen-bond donors (Lipinski definition) is 2. The Morgan fingerprint density at radius 1 is 1.25 bits per heavy atom. The minimum atomic E-state index is -1.26. The molecule has 0 aromatic heterocycles. The molecular weight excluding hydrogens is 321 g/mol. The highest BCUT2D eigenvalue weighted by Gasteiger charge is 2.47. The summed E-state index contributed by atoms with van der Waals surface area (Å²) in [5.74, 6) is -3.44. The second-order valence-corrected chi connectivity index (χ2v) is 5.52. The van der Waals surface area contributed by atoms with Crippen LogP contribution in [0.5, 0.6) is 0 Å². The van der Waals surface area contributed by atoms with Gasteiger partial charge in [-0.25, -0.2) is 14.0 Å². The predicted molar refractivity (Wildman–Crippen MR) is 80.8 cm³/mol. The van der Waals surface area contributed by atoms with E-state index in [9.17, 15) is 14.0 Å². The van der Waals surface area contributed by atoms with E-state index in [0.29, 0.717) is 25.3 Å². The quantitative estimate of drug-likeness (QED) is 0.795. The van der Waals surface area contributed by atoms with Gasteiger partial charge in [-0.15, -0.1) is 0 Å². The van der Waals surface area contributed by atoms with Gasteiger partial charge < -0.3 is 19.7 Å². The number of carboxylic acids is 2. The lowest BCUT2D eigenvalue weighted by molar-refractivity contribution is -0.209. The van der Waals surface area contributed by atoms with E-state index in [1.807, 2.05) is 7.05 Å². The summed E-state index contributed by atoms with van der Waals surface area (Å²) >= 11 is 0. The molecule has 2 fully saturated rings. The summed E-state index contributed by atoms with van der Waals surface area (Å²) in [6, 6.07) is 6.35. The number of nitrogens with zero attached hydrogens (tertiary/aromatic N) is 1. The lowest BCUT2D eigenvalue weighted by Gasteiger charge is -2.37. The first kappa shape index (κ1) is 18.1. The molecular formula is C16H18FNO6. The largest absolute Gasteiger partial charge is 0.478 e. The Morgan fingerprint density at radius 2 is 1.83 bits per heavy atom. The lowest BCUT2D eigenvalue weighted by atomic mass is 10.0. The van der Waals surface area contributed by atoms with Crippen molar-refractivity contribution >= 4 is 11.9 Å². The van der Waals surface area contributed by atoms with Crippen molar-refractivity contribution in [1.82, 2.24) is 4.90 Å². The fourth-order valence-electron chi connectivity index (χ4n) is 2.59. The maximum atomic E-state index is 12.9. The van der Waals surface area contributed by atoms with Crippen molar-refractivity contribution in [1.29, 1.82) is 0 Å². The molecule has 1 aromatic rings. The third kappa shape index (κ3) is 4.60. The number of halogens is 1. The molecule has 2 saturated heterocycles. The van der Waals surface area contributed by atoms with Crippen molar-refractivity contribution in [3.63, 3.8) is 0 Å². The Balaban J connectivity index is 0.000000224. The highest BCUT2D eigenvalue weighted by molar-refractivity contribution is 5.89. The summed E-state index contributed by atoms with van der Waals surface area (Å²) in [4.78, 5) is 21.3. The molecule has 0 spiro atoms. The van der Waals surface area contributed by atoms with E-state index in [2.05, 4.69) is 4.90 Å². The Bertz CT molecular complexity index is 616. The van der Waals surface area contributed by atoms with Gasteiger partial charge in [0.1, 0.15) is 5.82 Å². The number of likely N-dealkylation sites (N-methyl/N-ethyl adjacent to an activating group) is 1. The molecule has 24 heavy (non-hydrogen) atoms. The van der Waals surface area contributed by atoms with Gasteiger partial charge in [-0.3, -0.25) is 4.90 Å². The number of ether oxygens (including phenoxy) is 2. The van der Waals surface area contributed by atoms with E-state index < -0.39 is 17.7 Å². The molecule has 2 bridgehead atoms. The number of benzene rings is 1. The molecule has 0 amide bonds. The van der Waals surface area contributed by atoms with Crippen LogP contribution < -0.4 is 0 Å². The van der Waals surface area contributed by atoms with E-state index in [1.165, 1.54) is 12.1 Å². The van der Waals surface area contributed by atoms with Gasteiger partial charge in [-0.1, -0.05) is 12.1 Å². The minimum Gasteiger partial charge on any atom is -0.478 e. The summed E-state index contributed by atoms with van der Waals surface area (Å²) in [5, 5.41) is 15.6. The molecule has 7 nitrogen and oxygen atoms in total. The van der Waals surface area contributed by atoms with Crippen LogP contribution in [0.3, 0.4) is 0 Å². The number of carboxylic acid groups (broad SMARTS) is 2. The highest BCUT2D eigenvalue weighted by Crippen LogP contribution is 2.38. The van der Waals surface area contributed by atoms with E-state index >= 15 is 0 Å². The summed E-state index contributed by atoms with van der Waals surface area (Å²) in [5.41, 5.74) is 0.892. The Hall–Kier alpha value is -2.29. The average Bonchev–Trinajstić information content (AvgIpc) is 2.83. The van der Waals surface area contributed by atoms with Crippen molar-refractivity contribution < 1.29 is 33.7 Å². The summed E-state index contributed by atoms with van der Waals surface area (Å²) < 4.78 is 24.5. The topological polar surface area (TPSA) is 96.3 Å². The monoisotopic (exact) mass is 339 g/mol. The van der Waals surface area contributed by atoms with E-state index in [1.54, 1.807) is 12.1 Å². The number of fused-ring (bicyclic) bond motifs is 2. The first-order valence-electron chi connectivity index (χ1n) is 7.21. The molecule has 2 heterocycles. The third-order valence-corrected chi connectivity index (χ3v) is 3.51. The summed E-state index contributed by atoms with van der Waals surface area (Å²) in [6.45, 7) is 2.19. The first-order chi connectivity index (χ1) is 11.3. The molecule has 0 aliphatic carbocycles. The van der Waals surface area contributed by atoms with Gasteiger partial charge in [0.2, 0.25) is 5.79 Å². The van der Waals surface area contributed by atoms with Crippen molar-refractivity contribution in [2.75, 3.05) is 26.7 Å². The number of morpholine rings is 1. The number of aliphatic carboxylic acids is 2. The molecule has 130 valence electrons. The zero-order chi connectivity index (χ0) is 17.7. The van der Waals surface area contributed by atoms with Gasteiger partial charge in [-0.2, -0.15) is 0 Å². The first-order valence-corrected chi connectivity index (χ1v) is 7.21. The second kappa shape index (κ2) is 7.52. The van der Waals surface area contributed by atoms with Crippen LogP contribution in [0, 0.1) is 5.82 Å². The number of carbonyl (C=O) groups is 2. The van der Waals surface area contributed by atoms with Crippen LogP contribution in [0.1, 0.15) is 5.56 Å². The summed E-state index contributed by atoms with van der Waals surface area (Å²) in [7, 11) is 2.04. The molecule has 2 atom stereocenters. The van der Waals surface area contributed by atoms with E-state index in [0.717, 1.165) is 12.1 Å². The molecule has 2 aliphatic rings. The fraction of sp³-hybridized carbons (Fsp3) is 0.375. The highest BCUT2D eigenvalue weighted by atomic mass is 19.1. The van der Waals surface area contributed by atoms with Crippen molar-refractivity contribution in [3.05, 3.63) is 47.8 Å². The molecule has 0 radical (unpaired) electrons. The molecule has 0 saturated carbocycles. The van der Waals surface area contributed by atoms with Gasteiger partial charge >= 0.3 is 11.9 Å². The molecule has 8 heteroatoms. The van der Waals surface area contributed by atoms with Crippen molar-refractivity contribution in [3.8, 4) is 0 Å². The SMILES string of the molecule is CN1CC2COC(c3ccc(F)cc3)(C1)O2.O=C(O)/C=C\C(=O)O. The Morgan fingerprint density at radius 3 is 2.38 bits per heavy atom. The standard InChI is InChI=1S/C12H14FNO2.C4H4O4/c1-14-6-11-7-15-12(8-14,16-11)9-2-4-10(13)5-3-9;5-3(6)1-2-4(7)8/h2-5,11H,6-8H2,1H3;1-2H,(H,5,6)(H,7,8)/b;2-1-. The predicted octanol–water partition coefficient (Wildman–Crippen LogP) is 1.05. The van der Waals surface area contributed by atoms with Crippen LogP contribution in [0.2, 0.25) is 0 Å². The van der Waals surface area contributed by atoms with Crippen LogP contribution in [0.25, 0.3) is 0 Å². The van der Waals surface area contributed by atoms with Gasteiger partial charge in [0.25, 0.3) is 0 Å². The zero-order valence-electron chi connectivity index (χ0n) is 13.0. The average molecular weight is 339 g/mol. The van der Waals surface area contributed by atoms with Crippen LogP contribution in [0.15, 0.2) is 36.4 Å². The zero-order valence-corrected chi connectivity index (χ0v) is 13.0. The lowest BCUT2D eigenvalue weighted by Crippen LogP contribution is -2.47. The van der Waals surface area contributed by atoms with Crippen LogP contribution in [0.4, 0.5) is 4.39 Å². The normalized spacial score (nSPS) is 26.0. The van der Waals surface area contributed by atoms with Crippen molar-refractivity contribution in [2.24, 2.45) is 0 Å². The molecule has 2 unspecified atom stereocenters. The maximum absolute atomic E-state index is 12.9.